The van der Waals surface area contributed by atoms with Crippen LogP contribution in [0.3, 0.4) is 0 Å². The number of fused-ring (bicyclic) bond motifs is 1. The van der Waals surface area contributed by atoms with Crippen molar-refractivity contribution in [3.63, 3.8) is 0 Å². The topological polar surface area (TPSA) is 54.7 Å². The van der Waals surface area contributed by atoms with E-state index in [0.717, 1.165) is 49.3 Å². The zero-order chi connectivity index (χ0) is 27.0. The summed E-state index contributed by atoms with van der Waals surface area (Å²) in [4.78, 5) is 27.8. The van der Waals surface area contributed by atoms with Crippen molar-refractivity contribution >= 4 is 40.5 Å². The highest BCUT2D eigenvalue weighted by Crippen LogP contribution is 2.60. The Kier molecular flexibility index (Phi) is 5.13. The molecule has 6 heteroatoms. The van der Waals surface area contributed by atoms with E-state index in [9.17, 15) is 9.59 Å². The van der Waals surface area contributed by atoms with E-state index in [1.54, 1.807) is 6.21 Å². The molecule has 9 rings (SSSR count). The fraction of sp³-hybridized carbons (Fsp3) is 0.147. The molecule has 2 bridgehead atoms. The Hall–Kier alpha value is -4.48. The first-order chi connectivity index (χ1) is 19.6. The molecule has 2 atom stereocenters. The van der Waals surface area contributed by atoms with Crippen LogP contribution in [-0.2, 0) is 16.1 Å². The fourth-order valence-electron chi connectivity index (χ4n) is 7.19. The van der Waals surface area contributed by atoms with Gasteiger partial charge in [-0.2, -0.15) is 10.1 Å². The molecule has 4 aliphatic rings. The predicted molar refractivity (Wildman–Crippen MR) is 155 cm³/mol. The number of hydrogen-bond donors (Lipinski definition) is 0. The maximum atomic E-state index is 13.9. The molecule has 0 unspecified atom stereocenters. The molecule has 5 aromatic rings. The van der Waals surface area contributed by atoms with Crippen LogP contribution in [0.15, 0.2) is 108 Å². The lowest BCUT2D eigenvalue weighted by molar-refractivity contribution is -0.139. The Morgan fingerprint density at radius 3 is 1.80 bits per heavy atom. The van der Waals surface area contributed by atoms with Crippen molar-refractivity contribution < 1.29 is 9.59 Å². The Labute approximate surface area is 236 Å². The summed E-state index contributed by atoms with van der Waals surface area (Å²) < 4.78 is 2.15. The maximum absolute atomic E-state index is 13.9. The molecule has 5 nitrogen and oxygen atoms in total. The summed E-state index contributed by atoms with van der Waals surface area (Å²) in [5.74, 6) is -1.58. The average molecular weight is 542 g/mol. The lowest BCUT2D eigenvalue weighted by atomic mass is 9.55. The molecule has 0 N–H and O–H groups in total. The summed E-state index contributed by atoms with van der Waals surface area (Å²) in [7, 11) is 0. The number of imide groups is 1. The summed E-state index contributed by atoms with van der Waals surface area (Å²) in [6, 6.07) is 32.4. The van der Waals surface area contributed by atoms with Crippen LogP contribution in [0.1, 0.15) is 45.2 Å². The van der Waals surface area contributed by atoms with Crippen LogP contribution in [-0.4, -0.2) is 27.6 Å². The quantitative estimate of drug-likeness (QED) is 0.191. The molecule has 4 aromatic carbocycles. The fourth-order valence-corrected chi connectivity index (χ4v) is 7.32. The van der Waals surface area contributed by atoms with Crippen molar-refractivity contribution in [3.05, 3.63) is 142 Å². The van der Waals surface area contributed by atoms with Gasteiger partial charge < -0.3 is 4.57 Å². The number of hydrogen-bond acceptors (Lipinski definition) is 3. The molecule has 2 amide bonds. The first-order valence-corrected chi connectivity index (χ1v) is 13.9. The summed E-state index contributed by atoms with van der Waals surface area (Å²) in [6.45, 7) is 0.664. The van der Waals surface area contributed by atoms with E-state index in [4.69, 9.17) is 11.6 Å². The third kappa shape index (κ3) is 3.31. The van der Waals surface area contributed by atoms with E-state index in [-0.39, 0.29) is 23.7 Å². The molecule has 2 heterocycles. The highest BCUT2D eigenvalue weighted by Gasteiger charge is 2.61. The number of rotatable bonds is 4. The highest BCUT2D eigenvalue weighted by atomic mass is 35.5. The number of halogens is 1. The van der Waals surface area contributed by atoms with Crippen molar-refractivity contribution in [2.75, 3.05) is 0 Å². The number of para-hydroxylation sites is 1. The van der Waals surface area contributed by atoms with Crippen molar-refractivity contribution in [3.8, 4) is 0 Å². The van der Waals surface area contributed by atoms with Gasteiger partial charge in [0.1, 0.15) is 0 Å². The number of benzene rings is 4. The summed E-state index contributed by atoms with van der Waals surface area (Å²) >= 11 is 6.08. The van der Waals surface area contributed by atoms with Crippen molar-refractivity contribution in [1.82, 2.24) is 9.58 Å². The van der Waals surface area contributed by atoms with Gasteiger partial charge in [-0.25, -0.2) is 0 Å². The largest absolute Gasteiger partial charge is 0.342 e. The van der Waals surface area contributed by atoms with Crippen molar-refractivity contribution in [2.24, 2.45) is 16.9 Å². The van der Waals surface area contributed by atoms with Gasteiger partial charge in [-0.3, -0.25) is 9.59 Å². The Bertz CT molecular complexity index is 1760. The van der Waals surface area contributed by atoms with E-state index < -0.39 is 11.8 Å². The molecule has 1 aromatic heterocycles. The Morgan fingerprint density at radius 2 is 1.23 bits per heavy atom. The smallest absolute Gasteiger partial charge is 0.254 e. The molecule has 194 valence electrons. The van der Waals surface area contributed by atoms with Gasteiger partial charge in [0.15, 0.2) is 0 Å². The number of aromatic nitrogens is 1. The maximum Gasteiger partial charge on any atom is 0.254 e. The van der Waals surface area contributed by atoms with Gasteiger partial charge in [-0.15, -0.1) is 0 Å². The molecule has 1 fully saturated rings. The second-order valence-corrected chi connectivity index (χ2v) is 11.3. The molecule has 1 saturated heterocycles. The zero-order valence-corrected chi connectivity index (χ0v) is 22.2. The second-order valence-electron chi connectivity index (χ2n) is 10.9. The second kappa shape index (κ2) is 8.77. The summed E-state index contributed by atoms with van der Waals surface area (Å²) in [5, 5.41) is 7.41. The molecule has 0 radical (unpaired) electrons. The lowest BCUT2D eigenvalue weighted by Gasteiger charge is -2.45. The number of nitrogens with zero attached hydrogens (tertiary/aromatic N) is 3. The van der Waals surface area contributed by atoms with Gasteiger partial charge in [0.25, 0.3) is 11.8 Å². The minimum absolute atomic E-state index is 0.139. The van der Waals surface area contributed by atoms with E-state index in [1.165, 1.54) is 0 Å². The van der Waals surface area contributed by atoms with Gasteiger partial charge in [-0.05, 0) is 46.0 Å². The Balaban J connectivity index is 1.16. The van der Waals surface area contributed by atoms with Gasteiger partial charge >= 0.3 is 0 Å². The predicted octanol–water partition coefficient (Wildman–Crippen LogP) is 6.57. The standard InChI is InChI=1S/C34H24ClN3O2/c35-22-15-13-20(14-16-22)18-37-19-21(23-7-5-6-12-28(23)37)17-36-38-33(39)31-29-24-8-1-2-9-25(24)30(32(31)34(38)40)27-11-4-3-10-26(27)29/h1-17,19,29-32H,18H2/b36-17-/t29?,30?,31-,32-/m1/s1. The van der Waals surface area contributed by atoms with Crippen LogP contribution in [0, 0.1) is 11.8 Å². The third-order valence-electron chi connectivity index (χ3n) is 8.82. The van der Waals surface area contributed by atoms with Crippen LogP contribution in [0.4, 0.5) is 0 Å². The van der Waals surface area contributed by atoms with Crippen LogP contribution in [0.2, 0.25) is 5.02 Å². The van der Waals surface area contributed by atoms with Crippen LogP contribution >= 0.6 is 11.6 Å². The minimum Gasteiger partial charge on any atom is -0.342 e. The van der Waals surface area contributed by atoms with Gasteiger partial charge in [-0.1, -0.05) is 90.5 Å². The molecule has 40 heavy (non-hydrogen) atoms. The van der Waals surface area contributed by atoms with Gasteiger partial charge in [0.05, 0.1) is 18.1 Å². The highest BCUT2D eigenvalue weighted by molar-refractivity contribution is 6.30. The molecule has 1 aliphatic heterocycles. The first-order valence-electron chi connectivity index (χ1n) is 13.5. The molecular weight excluding hydrogens is 518 g/mol. The van der Waals surface area contributed by atoms with E-state index in [1.807, 2.05) is 72.9 Å². The number of carbonyl (C=O) groups excluding carboxylic acids is 2. The first kappa shape index (κ1) is 23.4. The third-order valence-corrected chi connectivity index (χ3v) is 9.08. The monoisotopic (exact) mass is 541 g/mol. The average Bonchev–Trinajstić information content (AvgIpc) is 3.47. The van der Waals surface area contributed by atoms with E-state index in [0.29, 0.717) is 11.6 Å². The van der Waals surface area contributed by atoms with Crippen molar-refractivity contribution in [2.45, 2.75) is 18.4 Å². The van der Waals surface area contributed by atoms with Gasteiger partial charge in [0, 0.05) is 46.1 Å². The zero-order valence-electron chi connectivity index (χ0n) is 21.4. The van der Waals surface area contributed by atoms with E-state index >= 15 is 0 Å². The normalized spacial score (nSPS) is 22.7. The minimum atomic E-state index is -0.439. The van der Waals surface area contributed by atoms with E-state index in [2.05, 4.69) is 40.0 Å². The van der Waals surface area contributed by atoms with Crippen LogP contribution in [0.5, 0.6) is 0 Å². The summed E-state index contributed by atoms with van der Waals surface area (Å²) in [6.07, 6.45) is 3.69. The molecule has 3 aliphatic carbocycles. The number of hydrazone groups is 1. The lowest BCUT2D eigenvalue weighted by Crippen LogP contribution is -2.41. The van der Waals surface area contributed by atoms with Crippen molar-refractivity contribution in [1.29, 1.82) is 0 Å². The SMILES string of the molecule is O=C1[C@@H]2C3c4ccccc4C(c4ccccc43)[C@H]2C(=O)N1/N=C\c1cn(Cc2ccc(Cl)cc2)c2ccccc12. The van der Waals surface area contributed by atoms with Gasteiger partial charge in [0.2, 0.25) is 0 Å². The molecule has 0 saturated carbocycles. The number of amides is 2. The van der Waals surface area contributed by atoms with Crippen LogP contribution < -0.4 is 0 Å². The molecular formula is C34H24ClN3O2. The van der Waals surface area contributed by atoms with Crippen LogP contribution in [0.25, 0.3) is 10.9 Å². The Morgan fingerprint density at radius 1 is 0.700 bits per heavy atom. The number of carbonyl (C=O) groups is 2. The molecule has 0 spiro atoms. The summed E-state index contributed by atoms with van der Waals surface area (Å²) in [5.41, 5.74) is 7.66.